The number of esters is 1. The van der Waals surface area contributed by atoms with Crippen molar-refractivity contribution in [2.24, 2.45) is 5.92 Å². The molecule has 1 aromatic carbocycles. The Morgan fingerprint density at radius 1 is 1.19 bits per heavy atom. The molecular formula is C24H31F3O4. The van der Waals surface area contributed by atoms with Crippen LogP contribution in [-0.4, -0.2) is 32.4 Å². The molecule has 4 nitrogen and oxygen atoms in total. The van der Waals surface area contributed by atoms with E-state index in [2.05, 4.69) is 0 Å². The van der Waals surface area contributed by atoms with Gasteiger partial charge in [0.05, 0.1) is 25.4 Å². The predicted octanol–water partition coefficient (Wildman–Crippen LogP) is 5.88. The van der Waals surface area contributed by atoms with Gasteiger partial charge in [0.2, 0.25) is 0 Å². The lowest BCUT2D eigenvalue weighted by Crippen LogP contribution is -2.22. The maximum Gasteiger partial charge on any atom is 0.416 e. The lowest BCUT2D eigenvalue weighted by Gasteiger charge is -2.30. The van der Waals surface area contributed by atoms with Gasteiger partial charge >= 0.3 is 12.1 Å². The molecule has 0 saturated heterocycles. The molecule has 1 aliphatic heterocycles. The Hall–Kier alpha value is -2.02. The molecule has 0 radical (unpaired) electrons. The van der Waals surface area contributed by atoms with E-state index in [1.165, 1.54) is 43.7 Å². The van der Waals surface area contributed by atoms with Crippen LogP contribution in [0.25, 0.3) is 0 Å². The normalized spacial score (nSPS) is 18.2. The first-order valence-corrected chi connectivity index (χ1v) is 11.2. The number of aryl methyl sites for hydroxylation is 1. The van der Waals surface area contributed by atoms with Crippen LogP contribution in [0.5, 0.6) is 5.75 Å². The van der Waals surface area contributed by atoms with Crippen molar-refractivity contribution < 1.29 is 32.2 Å². The Labute approximate surface area is 181 Å². The van der Waals surface area contributed by atoms with E-state index < -0.39 is 17.7 Å². The highest BCUT2D eigenvalue weighted by Gasteiger charge is 2.34. The van der Waals surface area contributed by atoms with Crippen LogP contribution in [0.15, 0.2) is 29.3 Å². The summed E-state index contributed by atoms with van der Waals surface area (Å²) in [7, 11) is 0. The van der Waals surface area contributed by atoms with Gasteiger partial charge in [-0.2, -0.15) is 13.2 Å². The second-order valence-electron chi connectivity index (χ2n) is 8.18. The molecule has 0 N–H and O–H groups in total. The van der Waals surface area contributed by atoms with Crippen molar-refractivity contribution in [3.8, 4) is 5.75 Å². The number of carbonyl (C=O) groups is 1. The first kappa shape index (κ1) is 23.6. The maximum absolute atomic E-state index is 13.6. The Morgan fingerprint density at radius 3 is 2.68 bits per heavy atom. The SMILES string of the molecule is CCOC(=O)CCc1ccc(OCC2=C(C3CCCCC3)CCOC2)cc1C(F)(F)F. The predicted molar refractivity (Wildman–Crippen MR) is 111 cm³/mol. The van der Waals surface area contributed by atoms with Crippen molar-refractivity contribution in [3.63, 3.8) is 0 Å². The Kier molecular flexibility index (Phi) is 8.41. The minimum atomic E-state index is -4.52. The number of rotatable bonds is 8. The molecule has 31 heavy (non-hydrogen) atoms. The lowest BCUT2D eigenvalue weighted by atomic mass is 9.80. The third-order valence-electron chi connectivity index (χ3n) is 6.05. The van der Waals surface area contributed by atoms with Gasteiger partial charge in [-0.3, -0.25) is 4.79 Å². The summed E-state index contributed by atoms with van der Waals surface area (Å²) in [6.07, 6.45) is 2.31. The van der Waals surface area contributed by atoms with E-state index in [4.69, 9.17) is 14.2 Å². The van der Waals surface area contributed by atoms with Gasteiger partial charge in [-0.1, -0.05) is 30.9 Å². The molecule has 2 aliphatic rings. The van der Waals surface area contributed by atoms with Crippen molar-refractivity contribution in [2.45, 2.75) is 64.5 Å². The number of halogens is 3. The Bertz CT molecular complexity index is 780. The van der Waals surface area contributed by atoms with E-state index in [1.54, 1.807) is 13.0 Å². The lowest BCUT2D eigenvalue weighted by molar-refractivity contribution is -0.144. The molecule has 0 spiro atoms. The quantitative estimate of drug-likeness (QED) is 0.374. The Balaban J connectivity index is 1.72. The molecule has 0 aromatic heterocycles. The van der Waals surface area contributed by atoms with Gasteiger partial charge in [-0.05, 0) is 61.8 Å². The summed E-state index contributed by atoms with van der Waals surface area (Å²) in [6, 6.07) is 3.97. The van der Waals surface area contributed by atoms with Crippen molar-refractivity contribution in [2.75, 3.05) is 26.4 Å². The molecule has 1 heterocycles. The number of alkyl halides is 3. The average Bonchev–Trinajstić information content (AvgIpc) is 2.77. The van der Waals surface area contributed by atoms with Gasteiger partial charge < -0.3 is 14.2 Å². The zero-order chi connectivity index (χ0) is 22.3. The molecule has 0 bridgehead atoms. The summed E-state index contributed by atoms with van der Waals surface area (Å²) in [4.78, 5) is 11.5. The van der Waals surface area contributed by atoms with E-state index in [0.29, 0.717) is 19.1 Å². The number of carbonyl (C=O) groups excluding carboxylic acids is 1. The van der Waals surface area contributed by atoms with E-state index in [1.807, 2.05) is 0 Å². The summed E-state index contributed by atoms with van der Waals surface area (Å²) < 4.78 is 57.0. The number of ether oxygens (including phenoxy) is 3. The first-order chi connectivity index (χ1) is 14.9. The highest BCUT2D eigenvalue weighted by Crippen LogP contribution is 2.37. The topological polar surface area (TPSA) is 44.8 Å². The molecule has 1 saturated carbocycles. The zero-order valence-electron chi connectivity index (χ0n) is 18.1. The maximum atomic E-state index is 13.6. The highest BCUT2D eigenvalue weighted by molar-refractivity contribution is 5.69. The average molecular weight is 441 g/mol. The third-order valence-corrected chi connectivity index (χ3v) is 6.05. The second kappa shape index (κ2) is 11.0. The Morgan fingerprint density at radius 2 is 1.97 bits per heavy atom. The molecule has 0 amide bonds. The number of hydrogen-bond donors (Lipinski definition) is 0. The fraction of sp³-hybridized carbons (Fsp3) is 0.625. The van der Waals surface area contributed by atoms with Gasteiger partial charge in [0.15, 0.2) is 0 Å². The standard InChI is InChI=1S/C24H31F3O4/c1-2-30-23(28)11-9-18-8-10-20(14-22(18)24(25,26)27)31-16-19-15-29-13-12-21(19)17-6-4-3-5-7-17/h8,10,14,17H,2-7,9,11-13,15-16H2,1H3. The van der Waals surface area contributed by atoms with Crippen molar-refractivity contribution in [1.82, 2.24) is 0 Å². The third kappa shape index (κ3) is 6.73. The highest BCUT2D eigenvalue weighted by atomic mass is 19.4. The summed E-state index contributed by atoms with van der Waals surface area (Å²) in [5.41, 5.74) is 1.75. The second-order valence-corrected chi connectivity index (χ2v) is 8.18. The van der Waals surface area contributed by atoms with Crippen LogP contribution in [0, 0.1) is 5.92 Å². The van der Waals surface area contributed by atoms with Gasteiger partial charge in [0.25, 0.3) is 0 Å². The summed E-state index contributed by atoms with van der Waals surface area (Å²) >= 11 is 0. The first-order valence-electron chi connectivity index (χ1n) is 11.2. The summed E-state index contributed by atoms with van der Waals surface area (Å²) in [5, 5.41) is 0. The number of benzene rings is 1. The van der Waals surface area contributed by atoms with Crippen LogP contribution >= 0.6 is 0 Å². The molecule has 1 aliphatic carbocycles. The minimum Gasteiger partial charge on any atom is -0.489 e. The molecule has 3 rings (SSSR count). The minimum absolute atomic E-state index is 0.0290. The molecule has 7 heteroatoms. The van der Waals surface area contributed by atoms with Crippen LogP contribution in [0.2, 0.25) is 0 Å². The monoisotopic (exact) mass is 440 g/mol. The fourth-order valence-corrected chi connectivity index (χ4v) is 4.49. The van der Waals surface area contributed by atoms with Gasteiger partial charge in [0.1, 0.15) is 12.4 Å². The molecule has 0 unspecified atom stereocenters. The van der Waals surface area contributed by atoms with E-state index in [-0.39, 0.29) is 37.4 Å². The van der Waals surface area contributed by atoms with Gasteiger partial charge in [0, 0.05) is 6.42 Å². The van der Waals surface area contributed by atoms with Crippen molar-refractivity contribution in [3.05, 3.63) is 40.5 Å². The summed E-state index contributed by atoms with van der Waals surface area (Å²) in [5.74, 6) is 0.218. The van der Waals surface area contributed by atoms with Crippen LogP contribution < -0.4 is 4.74 Å². The smallest absolute Gasteiger partial charge is 0.416 e. The van der Waals surface area contributed by atoms with Gasteiger partial charge in [-0.25, -0.2) is 0 Å². The van der Waals surface area contributed by atoms with E-state index in [9.17, 15) is 18.0 Å². The van der Waals surface area contributed by atoms with Crippen molar-refractivity contribution in [1.29, 1.82) is 0 Å². The molecular weight excluding hydrogens is 409 g/mol. The molecule has 0 atom stereocenters. The van der Waals surface area contributed by atoms with E-state index >= 15 is 0 Å². The van der Waals surface area contributed by atoms with Gasteiger partial charge in [-0.15, -0.1) is 0 Å². The number of hydrogen-bond acceptors (Lipinski definition) is 4. The molecule has 172 valence electrons. The van der Waals surface area contributed by atoms with Crippen LogP contribution in [0.4, 0.5) is 13.2 Å². The fourth-order valence-electron chi connectivity index (χ4n) is 4.49. The van der Waals surface area contributed by atoms with Crippen LogP contribution in [-0.2, 0) is 26.9 Å². The molecule has 1 fully saturated rings. The zero-order valence-corrected chi connectivity index (χ0v) is 18.1. The van der Waals surface area contributed by atoms with E-state index in [0.717, 1.165) is 18.1 Å². The van der Waals surface area contributed by atoms with Crippen LogP contribution in [0.3, 0.4) is 0 Å². The molecule has 1 aromatic rings. The van der Waals surface area contributed by atoms with Crippen molar-refractivity contribution >= 4 is 5.97 Å². The van der Waals surface area contributed by atoms with Crippen LogP contribution in [0.1, 0.15) is 63.0 Å². The summed E-state index contributed by atoms with van der Waals surface area (Å²) in [6.45, 7) is 3.29. The largest absolute Gasteiger partial charge is 0.489 e.